The molecule has 4 saturated heterocycles. The van der Waals surface area contributed by atoms with E-state index >= 15 is 0 Å². The SMILES string of the molecule is CCC(=O)N1Cc2[nH]nc(Nc3cc(-c4ccccc4)nc(N4CCC[C@H]4COC)n3)c2C1.COC[C@@H]1CCCN1c1nc(Nc2n[nH]c3c2CN(Cc2ccccc2)C3)cc(-c2ccccc2)n1.COC[C@@H]1CCCN1c1nc(Nc2n[nH]c3c2CN(Cc2ccccn2)C3)cc(-c2ccccc2)n1.COC[C@@H]1CCCN1c1nc(Nc2n[nH]c3c2CNC3)cc(-c2ccccc2)n1. The summed E-state index contributed by atoms with van der Waals surface area (Å²) in [6.45, 7) is 16.0. The van der Waals surface area contributed by atoms with Crippen molar-refractivity contribution in [1.29, 1.82) is 0 Å². The maximum Gasteiger partial charge on any atom is 0.228 e. The van der Waals surface area contributed by atoms with Crippen molar-refractivity contribution in [3.8, 4) is 45.0 Å². The molecule has 9 aromatic heterocycles. The first-order valence-electron chi connectivity index (χ1n) is 46.5. The minimum absolute atomic E-state index is 0.138. The maximum absolute atomic E-state index is 12.2. The summed E-state index contributed by atoms with van der Waals surface area (Å²) < 4.78 is 21.8. The number of anilines is 12. The van der Waals surface area contributed by atoms with Crippen molar-refractivity contribution >= 4 is 76.2 Å². The van der Waals surface area contributed by atoms with E-state index in [4.69, 9.17) is 58.8 Å². The van der Waals surface area contributed by atoms with E-state index < -0.39 is 0 Å². The molecule has 0 bridgehead atoms. The van der Waals surface area contributed by atoms with E-state index in [2.05, 4.69) is 175 Å². The van der Waals surface area contributed by atoms with Gasteiger partial charge in [0, 0.05) is 188 Å². The zero-order valence-electron chi connectivity index (χ0n) is 76.4. The third-order valence-electron chi connectivity index (χ3n) is 25.7. The average molecular weight is 1800 g/mol. The molecule has 0 spiro atoms. The van der Waals surface area contributed by atoms with Gasteiger partial charge in [0.25, 0.3) is 0 Å². The fourth-order valence-corrected chi connectivity index (χ4v) is 19.1. The molecular formula is C100H115N29O5. The Balaban J connectivity index is 0.000000115. The minimum Gasteiger partial charge on any atom is -0.383 e. The largest absolute Gasteiger partial charge is 0.383 e. The molecule has 0 radical (unpaired) electrons. The molecule has 34 nitrogen and oxygen atoms in total. The van der Waals surface area contributed by atoms with Crippen LogP contribution in [-0.4, -0.2) is 211 Å². The molecule has 134 heavy (non-hydrogen) atoms. The van der Waals surface area contributed by atoms with Gasteiger partial charge < -0.3 is 70.0 Å². The number of H-pyrrole nitrogens is 4. The van der Waals surface area contributed by atoms with Gasteiger partial charge in [-0.05, 0) is 69.1 Å². The zero-order valence-corrected chi connectivity index (χ0v) is 76.4. The van der Waals surface area contributed by atoms with Gasteiger partial charge in [0.2, 0.25) is 29.7 Å². The molecule has 14 aromatic rings. The number of nitrogens with zero attached hydrogens (tertiary/aromatic N) is 20. The Kier molecular flexibility index (Phi) is 28.1. The first-order chi connectivity index (χ1) is 66.0. The van der Waals surface area contributed by atoms with Gasteiger partial charge in [0.05, 0.1) is 115 Å². The van der Waals surface area contributed by atoms with Crippen molar-refractivity contribution in [3.63, 3.8) is 0 Å². The Morgan fingerprint density at radius 2 is 0.701 bits per heavy atom. The van der Waals surface area contributed by atoms with Crippen molar-refractivity contribution < 1.29 is 23.7 Å². The molecule has 690 valence electrons. The number of fused-ring (bicyclic) bond motifs is 4. The van der Waals surface area contributed by atoms with Crippen LogP contribution in [0.3, 0.4) is 0 Å². The highest BCUT2D eigenvalue weighted by molar-refractivity contribution is 5.78. The van der Waals surface area contributed by atoms with Gasteiger partial charge in [-0.25, -0.2) is 19.9 Å². The molecular weight excluding hydrogens is 1690 g/mol. The van der Waals surface area contributed by atoms with E-state index in [0.29, 0.717) is 69.6 Å². The molecule has 8 aliphatic heterocycles. The number of nitrogens with one attached hydrogen (secondary N) is 9. The number of carbonyl (C=O) groups excluding carboxylic acids is 1. The molecule has 34 heteroatoms. The minimum atomic E-state index is 0.138. The van der Waals surface area contributed by atoms with Crippen LogP contribution >= 0.6 is 0 Å². The van der Waals surface area contributed by atoms with Crippen molar-refractivity contribution in [2.75, 3.05) is 122 Å². The quantitative estimate of drug-likeness (QED) is 0.0210. The van der Waals surface area contributed by atoms with Crippen LogP contribution in [0.25, 0.3) is 45.0 Å². The average Bonchev–Trinajstić information content (AvgIpc) is 1.64. The molecule has 5 aromatic carbocycles. The topological polar surface area (TPSA) is 368 Å². The number of carbonyl (C=O) groups is 1. The second kappa shape index (κ2) is 42.3. The van der Waals surface area contributed by atoms with Gasteiger partial charge in [-0.2, -0.15) is 40.3 Å². The standard InChI is InChI=1S/C28H31N7O.C27H30N8O.C24H29N7O2.C21H25N7O/c1-36-19-22-13-8-14-35(22)28-29-24(21-11-6-3-7-12-21)15-26(31-28)30-27-23-17-34(18-25(23)32-33-27)16-20-9-4-2-5-10-20;1-36-18-21-11-7-13-35(21)27-29-23(19-8-3-2-4-9-19)14-25(31-27)30-26-22-16-34(17-24(22)32-33-26)15-20-10-5-6-12-28-20;1-3-22(32)30-13-18-20(14-30)28-29-23(18)26-21-12-19(16-8-5-4-6-9-16)25-24(27-21)31-11-7-10-17(31)15-33-2;1-29-13-15-8-5-9-28(15)21-23-17(14-6-3-2-4-7-14)10-19(25-21)24-20-16-11-22-12-18(16)26-27-20/h2-7,9-12,15,22H,8,13-14,16-19H2,1H3,(H2,29,30,31,32,33);2-6,8-10,12,14,21H,7,11,13,15-18H2,1H3,(H2,29,30,31,32,33);4-6,8-9,12,17H,3,7,10-11,13-15H2,1-2H3,(H2,25,26,27,28,29);2-4,6-7,10,15,22H,5,8-9,11-13H2,1H3,(H2,23,24,25,26,27)/t22-;21-;17-;15-/m0000/s1. The van der Waals surface area contributed by atoms with E-state index in [9.17, 15) is 4.79 Å². The highest BCUT2D eigenvalue weighted by Gasteiger charge is 2.36. The fraction of sp³-hybridized carbons (Fsp3) is 0.360. The Hall–Kier alpha value is -14.0. The number of hydrogen-bond acceptors (Lipinski definition) is 29. The molecule has 0 aliphatic carbocycles. The summed E-state index contributed by atoms with van der Waals surface area (Å²) in [6.07, 6.45) is 11.1. The molecule has 8 aliphatic rings. The smallest absolute Gasteiger partial charge is 0.228 e. The lowest BCUT2D eigenvalue weighted by atomic mass is 10.1. The summed E-state index contributed by atoms with van der Waals surface area (Å²) >= 11 is 0. The van der Waals surface area contributed by atoms with Crippen molar-refractivity contribution in [3.05, 3.63) is 257 Å². The lowest BCUT2D eigenvalue weighted by molar-refractivity contribution is -0.131. The maximum atomic E-state index is 12.2. The van der Waals surface area contributed by atoms with Crippen LogP contribution in [0.4, 0.5) is 70.3 Å². The summed E-state index contributed by atoms with van der Waals surface area (Å²) in [5.41, 5.74) is 19.0. The Bertz CT molecular complexity index is 6030. The summed E-state index contributed by atoms with van der Waals surface area (Å²) in [4.78, 5) is 71.6. The highest BCUT2D eigenvalue weighted by atomic mass is 16.5. The van der Waals surface area contributed by atoms with Crippen molar-refractivity contribution in [2.24, 2.45) is 0 Å². The predicted molar refractivity (Wildman–Crippen MR) is 518 cm³/mol. The van der Waals surface area contributed by atoms with E-state index in [1.165, 1.54) is 22.3 Å². The molecule has 9 N–H and O–H groups in total. The number of hydrogen-bond donors (Lipinski definition) is 9. The van der Waals surface area contributed by atoms with Crippen LogP contribution in [0.1, 0.15) is 121 Å². The Morgan fingerprint density at radius 3 is 1.06 bits per heavy atom. The predicted octanol–water partition coefficient (Wildman–Crippen LogP) is 15.2. The van der Waals surface area contributed by atoms with Gasteiger partial charge in [-0.15, -0.1) is 0 Å². The lowest BCUT2D eigenvalue weighted by Crippen LogP contribution is -2.34. The number of methoxy groups -OCH3 is 4. The molecule has 0 unspecified atom stereocenters. The van der Waals surface area contributed by atoms with Crippen LogP contribution in [0.5, 0.6) is 0 Å². The van der Waals surface area contributed by atoms with Crippen LogP contribution in [0.2, 0.25) is 0 Å². The molecule has 22 rings (SSSR count). The van der Waals surface area contributed by atoms with Crippen LogP contribution in [0, 0.1) is 0 Å². The normalized spacial score (nSPS) is 17.6. The molecule has 1 amide bonds. The van der Waals surface area contributed by atoms with Crippen LogP contribution in [0.15, 0.2) is 200 Å². The van der Waals surface area contributed by atoms with Gasteiger partial charge in [0.1, 0.15) is 23.3 Å². The number of benzene rings is 5. The summed E-state index contributed by atoms with van der Waals surface area (Å²) in [5, 5.41) is 47.9. The number of rotatable bonds is 29. The summed E-state index contributed by atoms with van der Waals surface area (Å²) in [5.74, 6) is 9.10. The lowest BCUT2D eigenvalue weighted by Gasteiger charge is -2.25. The zero-order chi connectivity index (χ0) is 91.1. The third kappa shape index (κ3) is 20.9. The van der Waals surface area contributed by atoms with E-state index in [0.717, 1.165) is 262 Å². The number of aromatic amines is 4. The first-order valence-corrected chi connectivity index (χ1v) is 46.5. The first kappa shape index (κ1) is 89.2. The second-order valence-corrected chi connectivity index (χ2v) is 34.9. The number of amides is 1. The number of pyridine rings is 1. The van der Waals surface area contributed by atoms with E-state index in [-0.39, 0.29) is 24.0 Å². The van der Waals surface area contributed by atoms with Gasteiger partial charge >= 0.3 is 0 Å². The fourth-order valence-electron chi connectivity index (χ4n) is 19.1. The van der Waals surface area contributed by atoms with Gasteiger partial charge in [-0.3, -0.25) is 40.0 Å². The summed E-state index contributed by atoms with van der Waals surface area (Å²) in [7, 11) is 6.98. The van der Waals surface area contributed by atoms with Gasteiger partial charge in [0.15, 0.2) is 23.3 Å². The van der Waals surface area contributed by atoms with E-state index in [1.807, 2.05) is 139 Å². The number of ether oxygens (including phenoxy) is 4. The Morgan fingerprint density at radius 1 is 0.366 bits per heavy atom. The molecule has 0 saturated carbocycles. The molecule has 4 atom stereocenters. The highest BCUT2D eigenvalue weighted by Crippen LogP contribution is 2.40. The molecule has 17 heterocycles. The van der Waals surface area contributed by atoms with Crippen molar-refractivity contribution in [2.45, 2.75) is 154 Å². The van der Waals surface area contributed by atoms with Crippen LogP contribution < -0.4 is 46.2 Å². The van der Waals surface area contributed by atoms with Crippen LogP contribution in [-0.2, 0) is 89.2 Å². The number of aromatic nitrogens is 17. The Labute approximate surface area is 779 Å². The third-order valence-corrected chi connectivity index (χ3v) is 25.7. The van der Waals surface area contributed by atoms with Gasteiger partial charge in [-0.1, -0.05) is 165 Å². The molecule has 4 fully saturated rings. The summed E-state index contributed by atoms with van der Waals surface area (Å²) in [6, 6.07) is 66.5. The second-order valence-electron chi connectivity index (χ2n) is 34.9. The van der Waals surface area contributed by atoms with E-state index in [1.54, 1.807) is 28.4 Å². The van der Waals surface area contributed by atoms with Crippen molar-refractivity contribution in [1.82, 2.24) is 106 Å². The monoisotopic (exact) mass is 1800 g/mol.